The summed E-state index contributed by atoms with van der Waals surface area (Å²) in [6, 6.07) is 12.3. The molecule has 2 aliphatic rings. The number of anilines is 1. The van der Waals surface area contributed by atoms with Crippen LogP contribution in [0.1, 0.15) is 59.5 Å². The number of benzene rings is 2. The second-order valence-electron chi connectivity index (χ2n) is 9.12. The molecule has 1 heterocycles. The van der Waals surface area contributed by atoms with Crippen LogP contribution in [0.4, 0.5) is 10.1 Å². The monoisotopic (exact) mass is 437 g/mol. The van der Waals surface area contributed by atoms with Crippen LogP contribution in [0.3, 0.4) is 0 Å². The van der Waals surface area contributed by atoms with Crippen molar-refractivity contribution >= 4 is 17.5 Å². The van der Waals surface area contributed by atoms with Crippen LogP contribution in [0.15, 0.2) is 42.5 Å². The molecule has 1 saturated carbocycles. The number of hydrogen-bond acceptors (Lipinski definition) is 3. The van der Waals surface area contributed by atoms with Gasteiger partial charge in [0.05, 0.1) is 5.92 Å². The minimum absolute atomic E-state index is 0.00636. The second-order valence-corrected chi connectivity index (χ2v) is 9.12. The maximum atomic E-state index is 13.6. The summed E-state index contributed by atoms with van der Waals surface area (Å²) in [6.45, 7) is 3.60. The summed E-state index contributed by atoms with van der Waals surface area (Å²) in [6.07, 6.45) is 5.07. The molecule has 1 aliphatic heterocycles. The summed E-state index contributed by atoms with van der Waals surface area (Å²) < 4.78 is 13.6. The van der Waals surface area contributed by atoms with E-state index in [1.54, 1.807) is 18.2 Å². The van der Waals surface area contributed by atoms with Crippen molar-refractivity contribution in [3.05, 3.63) is 65.0 Å². The molecule has 0 saturated heterocycles. The van der Waals surface area contributed by atoms with E-state index in [9.17, 15) is 14.0 Å². The van der Waals surface area contributed by atoms with E-state index in [2.05, 4.69) is 16.0 Å². The van der Waals surface area contributed by atoms with Crippen molar-refractivity contribution in [1.29, 1.82) is 0 Å². The van der Waals surface area contributed by atoms with Crippen LogP contribution in [-0.4, -0.2) is 31.4 Å². The lowest BCUT2D eigenvalue weighted by atomic mass is 9.89. The fourth-order valence-electron chi connectivity index (χ4n) is 5.06. The van der Waals surface area contributed by atoms with E-state index in [-0.39, 0.29) is 29.5 Å². The van der Waals surface area contributed by atoms with Gasteiger partial charge in [0.2, 0.25) is 5.91 Å². The number of carbonyl (C=O) groups is 2. The highest BCUT2D eigenvalue weighted by Gasteiger charge is 2.31. The van der Waals surface area contributed by atoms with E-state index < -0.39 is 0 Å². The molecule has 2 unspecified atom stereocenters. The number of aryl methyl sites for hydroxylation is 1. The van der Waals surface area contributed by atoms with Crippen molar-refractivity contribution in [3.63, 3.8) is 0 Å². The molecule has 1 aliphatic carbocycles. The minimum Gasteiger partial charge on any atom is -0.384 e. The van der Waals surface area contributed by atoms with Crippen LogP contribution in [0.25, 0.3) is 0 Å². The Labute approximate surface area is 189 Å². The number of fused-ring (bicyclic) bond motifs is 1. The molecule has 0 spiro atoms. The van der Waals surface area contributed by atoms with Gasteiger partial charge in [-0.1, -0.05) is 30.5 Å². The van der Waals surface area contributed by atoms with Gasteiger partial charge in [0.25, 0.3) is 5.91 Å². The first kappa shape index (κ1) is 22.3. The Bertz CT molecular complexity index is 971. The van der Waals surface area contributed by atoms with Crippen LogP contribution in [0.5, 0.6) is 0 Å². The molecular formula is C26H32FN3O2. The summed E-state index contributed by atoms with van der Waals surface area (Å²) in [7, 11) is 0. The van der Waals surface area contributed by atoms with Gasteiger partial charge in [0, 0.05) is 36.8 Å². The van der Waals surface area contributed by atoms with Crippen LogP contribution in [0, 0.1) is 24.6 Å². The van der Waals surface area contributed by atoms with Crippen LogP contribution in [0.2, 0.25) is 0 Å². The molecule has 2 aromatic carbocycles. The van der Waals surface area contributed by atoms with E-state index in [0.29, 0.717) is 24.6 Å². The molecular weight excluding hydrogens is 405 g/mol. The van der Waals surface area contributed by atoms with Crippen molar-refractivity contribution in [2.45, 2.75) is 44.9 Å². The molecule has 0 bridgehead atoms. The van der Waals surface area contributed by atoms with Gasteiger partial charge in [-0.05, 0) is 68.0 Å². The van der Waals surface area contributed by atoms with Gasteiger partial charge < -0.3 is 16.0 Å². The Morgan fingerprint density at radius 3 is 2.72 bits per heavy atom. The van der Waals surface area contributed by atoms with E-state index in [1.165, 1.54) is 6.07 Å². The standard InChI is InChI=1S/C26H32FN3O2/c1-17-5-4-8-19(13-17)25(31)30-16-23(18-6-2-3-7-18)26(32)28-12-11-20-15-29-24-10-9-21(27)14-22(20)24/h4-5,8-10,13-14,18,20,23,29H,2-3,6-7,11-12,15-16H2,1H3,(H,28,32)(H,30,31). The molecule has 0 radical (unpaired) electrons. The second kappa shape index (κ2) is 10.2. The number of amides is 2. The van der Waals surface area contributed by atoms with E-state index in [1.807, 2.05) is 25.1 Å². The number of halogens is 1. The smallest absolute Gasteiger partial charge is 0.251 e. The molecule has 6 heteroatoms. The van der Waals surface area contributed by atoms with Crippen LogP contribution in [-0.2, 0) is 4.79 Å². The highest BCUT2D eigenvalue weighted by molar-refractivity contribution is 5.94. The van der Waals surface area contributed by atoms with Crippen molar-refractivity contribution in [2.24, 2.45) is 11.8 Å². The Balaban J connectivity index is 1.32. The summed E-state index contributed by atoms with van der Waals surface area (Å²) in [5.41, 5.74) is 3.61. The Morgan fingerprint density at radius 1 is 1.12 bits per heavy atom. The molecule has 5 nitrogen and oxygen atoms in total. The van der Waals surface area contributed by atoms with Gasteiger partial charge in [-0.15, -0.1) is 0 Å². The van der Waals surface area contributed by atoms with Gasteiger partial charge in [0.15, 0.2) is 0 Å². The largest absolute Gasteiger partial charge is 0.384 e. The Morgan fingerprint density at radius 2 is 1.94 bits per heavy atom. The zero-order chi connectivity index (χ0) is 22.5. The van der Waals surface area contributed by atoms with Gasteiger partial charge in [-0.3, -0.25) is 9.59 Å². The zero-order valence-electron chi connectivity index (χ0n) is 18.6. The van der Waals surface area contributed by atoms with E-state index in [4.69, 9.17) is 0 Å². The summed E-state index contributed by atoms with van der Waals surface area (Å²) >= 11 is 0. The third-order valence-corrected chi connectivity index (χ3v) is 6.85. The average Bonchev–Trinajstić information content (AvgIpc) is 3.44. The van der Waals surface area contributed by atoms with Crippen LogP contribution >= 0.6 is 0 Å². The zero-order valence-corrected chi connectivity index (χ0v) is 18.6. The number of nitrogens with one attached hydrogen (secondary N) is 3. The van der Waals surface area contributed by atoms with Crippen molar-refractivity contribution in [1.82, 2.24) is 10.6 Å². The number of rotatable bonds is 8. The first-order valence-corrected chi connectivity index (χ1v) is 11.7. The minimum atomic E-state index is -0.230. The van der Waals surface area contributed by atoms with Crippen molar-refractivity contribution in [2.75, 3.05) is 25.0 Å². The molecule has 32 heavy (non-hydrogen) atoms. The Kier molecular flexibility index (Phi) is 7.08. The highest BCUT2D eigenvalue weighted by atomic mass is 19.1. The molecule has 0 aromatic heterocycles. The average molecular weight is 438 g/mol. The molecule has 170 valence electrons. The third-order valence-electron chi connectivity index (χ3n) is 6.85. The van der Waals surface area contributed by atoms with Gasteiger partial charge in [-0.25, -0.2) is 4.39 Å². The number of hydrogen-bond donors (Lipinski definition) is 3. The quantitative estimate of drug-likeness (QED) is 0.574. The maximum Gasteiger partial charge on any atom is 0.251 e. The predicted molar refractivity (Wildman–Crippen MR) is 124 cm³/mol. The highest BCUT2D eigenvalue weighted by Crippen LogP contribution is 2.34. The van der Waals surface area contributed by atoms with Gasteiger partial charge >= 0.3 is 0 Å². The molecule has 4 rings (SSSR count). The normalized spacial score (nSPS) is 18.6. The lowest BCUT2D eigenvalue weighted by Crippen LogP contribution is -2.42. The lowest BCUT2D eigenvalue weighted by molar-refractivity contribution is -0.126. The van der Waals surface area contributed by atoms with Crippen LogP contribution < -0.4 is 16.0 Å². The fraction of sp³-hybridized carbons (Fsp3) is 0.462. The van der Waals surface area contributed by atoms with Gasteiger partial charge in [0.1, 0.15) is 5.82 Å². The maximum absolute atomic E-state index is 13.6. The first-order chi connectivity index (χ1) is 15.5. The molecule has 2 amide bonds. The fourth-order valence-corrected chi connectivity index (χ4v) is 5.06. The predicted octanol–water partition coefficient (Wildman–Crippen LogP) is 4.39. The molecule has 2 aromatic rings. The molecule has 1 fully saturated rings. The SMILES string of the molecule is Cc1cccc(C(=O)NCC(C(=O)NCCC2CNc3ccc(F)cc32)C2CCCC2)c1. The molecule has 3 N–H and O–H groups in total. The lowest BCUT2D eigenvalue weighted by Gasteiger charge is -2.23. The molecule has 2 atom stereocenters. The van der Waals surface area contributed by atoms with Crippen molar-refractivity contribution in [3.8, 4) is 0 Å². The van der Waals surface area contributed by atoms with E-state index >= 15 is 0 Å². The summed E-state index contributed by atoms with van der Waals surface area (Å²) in [5.74, 6) is -0.0976. The summed E-state index contributed by atoms with van der Waals surface area (Å²) in [5, 5.41) is 9.38. The third kappa shape index (κ3) is 5.29. The van der Waals surface area contributed by atoms with Crippen molar-refractivity contribution < 1.29 is 14.0 Å². The van der Waals surface area contributed by atoms with E-state index in [0.717, 1.165) is 55.5 Å². The topological polar surface area (TPSA) is 70.2 Å². The first-order valence-electron chi connectivity index (χ1n) is 11.7. The summed E-state index contributed by atoms with van der Waals surface area (Å²) in [4.78, 5) is 25.7. The van der Waals surface area contributed by atoms with Gasteiger partial charge in [-0.2, -0.15) is 0 Å². The number of carbonyl (C=O) groups excluding carboxylic acids is 2. The Hall–Kier alpha value is -2.89.